The number of carbonyl (C=O) groups is 1. The zero-order valence-electron chi connectivity index (χ0n) is 14.2. The number of anilines is 1. The van der Waals surface area contributed by atoms with Crippen LogP contribution in [0.3, 0.4) is 0 Å². The molecule has 0 aliphatic carbocycles. The number of hydrogen-bond acceptors (Lipinski definition) is 2. The molecule has 1 heterocycles. The third-order valence-corrected chi connectivity index (χ3v) is 5.14. The Morgan fingerprint density at radius 1 is 1.20 bits per heavy atom. The second kappa shape index (κ2) is 7.98. The van der Waals surface area contributed by atoms with Gasteiger partial charge >= 0.3 is 0 Å². The highest BCUT2D eigenvalue weighted by Crippen LogP contribution is 2.25. The van der Waals surface area contributed by atoms with Gasteiger partial charge in [-0.2, -0.15) is 0 Å². The molecule has 3 nitrogen and oxygen atoms in total. The van der Waals surface area contributed by atoms with Crippen LogP contribution in [0.4, 0.5) is 5.69 Å². The average Bonchev–Trinajstić information content (AvgIpc) is 2.63. The Bertz CT molecular complexity index is 779. The Morgan fingerprint density at radius 2 is 1.96 bits per heavy atom. The number of rotatable bonds is 3. The third kappa shape index (κ3) is 4.20. The van der Waals surface area contributed by atoms with Crippen molar-refractivity contribution < 1.29 is 4.79 Å². The van der Waals surface area contributed by atoms with Crippen molar-refractivity contribution >= 4 is 40.4 Å². The Hall–Kier alpha value is -1.91. The van der Waals surface area contributed by atoms with Gasteiger partial charge in [-0.1, -0.05) is 41.9 Å². The van der Waals surface area contributed by atoms with Crippen LogP contribution in [0.15, 0.2) is 48.5 Å². The second-order valence-electron chi connectivity index (χ2n) is 6.35. The van der Waals surface area contributed by atoms with Gasteiger partial charge in [0.2, 0.25) is 0 Å². The van der Waals surface area contributed by atoms with Crippen molar-refractivity contribution in [2.75, 3.05) is 11.9 Å². The molecule has 0 saturated carbocycles. The Balaban J connectivity index is 1.87. The molecule has 1 N–H and O–H groups in total. The molecule has 0 amide bonds. The van der Waals surface area contributed by atoms with Crippen molar-refractivity contribution in [1.82, 2.24) is 4.90 Å². The van der Waals surface area contributed by atoms with Gasteiger partial charge in [-0.15, -0.1) is 0 Å². The van der Waals surface area contributed by atoms with E-state index in [1.165, 1.54) is 6.42 Å². The van der Waals surface area contributed by atoms with Crippen molar-refractivity contribution in [3.05, 3.63) is 64.7 Å². The number of carbonyl (C=O) groups excluding carboxylic acids is 1. The van der Waals surface area contributed by atoms with E-state index < -0.39 is 0 Å². The van der Waals surface area contributed by atoms with Crippen LogP contribution in [0.2, 0.25) is 5.02 Å². The van der Waals surface area contributed by atoms with Gasteiger partial charge in [0.1, 0.15) is 0 Å². The summed E-state index contributed by atoms with van der Waals surface area (Å²) in [5, 5.41) is 4.46. The van der Waals surface area contributed by atoms with Crippen LogP contribution in [0.1, 0.15) is 42.1 Å². The molecule has 0 aromatic heterocycles. The molecular formula is C20H21ClN2OS. The van der Waals surface area contributed by atoms with E-state index in [2.05, 4.69) is 17.1 Å². The predicted molar refractivity (Wildman–Crippen MR) is 108 cm³/mol. The third-order valence-electron chi connectivity index (χ3n) is 4.57. The molecule has 1 atom stereocenters. The minimum atomic E-state index is -0.0694. The molecule has 5 heteroatoms. The number of nitrogens with one attached hydrogen (secondary N) is 1. The van der Waals surface area contributed by atoms with E-state index >= 15 is 0 Å². The number of nitrogens with zero attached hydrogens (tertiary/aromatic N) is 1. The number of piperidine rings is 1. The summed E-state index contributed by atoms with van der Waals surface area (Å²) in [6, 6.07) is 14.9. The summed E-state index contributed by atoms with van der Waals surface area (Å²) in [6.45, 7) is 3.13. The van der Waals surface area contributed by atoms with E-state index in [1.54, 1.807) is 24.3 Å². The topological polar surface area (TPSA) is 32.3 Å². The molecule has 1 aliphatic heterocycles. The van der Waals surface area contributed by atoms with E-state index in [4.69, 9.17) is 23.8 Å². The summed E-state index contributed by atoms with van der Waals surface area (Å²) < 4.78 is 0. The molecule has 2 aromatic carbocycles. The summed E-state index contributed by atoms with van der Waals surface area (Å²) in [5.41, 5.74) is 1.86. The molecule has 0 radical (unpaired) electrons. The fourth-order valence-electron chi connectivity index (χ4n) is 3.15. The SMILES string of the molecule is CC1CCCCN1C(=S)Nc1ccc(Cl)cc1C(=O)c1ccccc1. The van der Waals surface area contributed by atoms with Crippen molar-refractivity contribution in [1.29, 1.82) is 0 Å². The average molecular weight is 373 g/mol. The van der Waals surface area contributed by atoms with Crippen LogP contribution in [0.25, 0.3) is 0 Å². The standard InChI is InChI=1S/C20H21ClN2OS/c1-14-7-5-6-12-23(14)20(25)22-18-11-10-16(21)13-17(18)19(24)15-8-3-2-4-9-15/h2-4,8-11,13-14H,5-7,12H2,1H3,(H,22,25). The monoisotopic (exact) mass is 372 g/mol. The molecule has 1 fully saturated rings. The normalized spacial score (nSPS) is 17.2. The summed E-state index contributed by atoms with van der Waals surface area (Å²) in [5.74, 6) is -0.0694. The van der Waals surface area contributed by atoms with Gasteiger partial charge in [-0.25, -0.2) is 0 Å². The highest BCUT2D eigenvalue weighted by Gasteiger charge is 2.22. The lowest BCUT2D eigenvalue weighted by molar-refractivity contribution is 0.103. The first kappa shape index (κ1) is 17.9. The van der Waals surface area contributed by atoms with Gasteiger partial charge in [0.05, 0.1) is 5.69 Å². The van der Waals surface area contributed by atoms with E-state index in [1.807, 2.05) is 24.3 Å². The van der Waals surface area contributed by atoms with E-state index in [0.717, 1.165) is 19.4 Å². The molecule has 25 heavy (non-hydrogen) atoms. The Kier molecular flexibility index (Phi) is 5.71. The van der Waals surface area contributed by atoms with E-state index in [-0.39, 0.29) is 5.78 Å². The first-order valence-corrected chi connectivity index (χ1v) is 9.32. The van der Waals surface area contributed by atoms with E-state index in [9.17, 15) is 4.79 Å². The zero-order valence-corrected chi connectivity index (χ0v) is 15.7. The minimum absolute atomic E-state index is 0.0694. The summed E-state index contributed by atoms with van der Waals surface area (Å²) in [4.78, 5) is 15.1. The highest BCUT2D eigenvalue weighted by molar-refractivity contribution is 7.80. The van der Waals surface area contributed by atoms with Crippen LogP contribution < -0.4 is 5.32 Å². The lowest BCUT2D eigenvalue weighted by Gasteiger charge is -2.35. The van der Waals surface area contributed by atoms with Crippen LogP contribution in [-0.4, -0.2) is 28.4 Å². The molecule has 1 saturated heterocycles. The Labute approximate surface area is 159 Å². The first-order chi connectivity index (χ1) is 12.1. The van der Waals surface area contributed by atoms with Gasteiger partial charge in [-0.3, -0.25) is 4.79 Å². The lowest BCUT2D eigenvalue weighted by atomic mass is 10.0. The summed E-state index contributed by atoms with van der Waals surface area (Å²) >= 11 is 11.7. The Morgan fingerprint density at radius 3 is 2.68 bits per heavy atom. The quantitative estimate of drug-likeness (QED) is 0.597. The number of likely N-dealkylation sites (tertiary alicyclic amines) is 1. The van der Waals surface area contributed by atoms with Gasteiger partial charge in [0.15, 0.2) is 10.9 Å². The van der Waals surface area contributed by atoms with Crippen LogP contribution in [0, 0.1) is 0 Å². The predicted octanol–water partition coefficient (Wildman–Crippen LogP) is 5.14. The zero-order chi connectivity index (χ0) is 17.8. The van der Waals surface area contributed by atoms with Crippen molar-refractivity contribution in [2.45, 2.75) is 32.2 Å². The molecular weight excluding hydrogens is 352 g/mol. The van der Waals surface area contributed by atoms with Crippen molar-refractivity contribution in [3.63, 3.8) is 0 Å². The number of ketones is 1. The molecule has 0 spiro atoms. The number of halogens is 1. The summed E-state index contributed by atoms with van der Waals surface area (Å²) in [7, 11) is 0. The maximum absolute atomic E-state index is 12.9. The molecule has 3 rings (SSSR count). The molecule has 130 valence electrons. The van der Waals surface area contributed by atoms with Gasteiger partial charge in [0.25, 0.3) is 0 Å². The molecule has 1 unspecified atom stereocenters. The van der Waals surface area contributed by atoms with Crippen LogP contribution >= 0.6 is 23.8 Å². The maximum Gasteiger partial charge on any atom is 0.195 e. The molecule has 1 aliphatic rings. The fraction of sp³-hybridized carbons (Fsp3) is 0.300. The van der Waals surface area contributed by atoms with Gasteiger partial charge in [-0.05, 0) is 56.6 Å². The number of hydrogen-bond donors (Lipinski definition) is 1. The minimum Gasteiger partial charge on any atom is -0.346 e. The van der Waals surface area contributed by atoms with E-state index in [0.29, 0.717) is 33.0 Å². The van der Waals surface area contributed by atoms with Crippen LogP contribution in [-0.2, 0) is 0 Å². The van der Waals surface area contributed by atoms with Gasteiger partial charge < -0.3 is 10.2 Å². The largest absolute Gasteiger partial charge is 0.346 e. The molecule has 2 aromatic rings. The number of benzene rings is 2. The van der Waals surface area contributed by atoms with Crippen LogP contribution in [0.5, 0.6) is 0 Å². The lowest BCUT2D eigenvalue weighted by Crippen LogP contribution is -2.44. The molecule has 0 bridgehead atoms. The number of thiocarbonyl (C=S) groups is 1. The smallest absolute Gasteiger partial charge is 0.195 e. The van der Waals surface area contributed by atoms with Gasteiger partial charge in [0, 0.05) is 28.7 Å². The summed E-state index contributed by atoms with van der Waals surface area (Å²) in [6.07, 6.45) is 3.51. The second-order valence-corrected chi connectivity index (χ2v) is 7.18. The first-order valence-electron chi connectivity index (χ1n) is 8.53. The highest BCUT2D eigenvalue weighted by atomic mass is 35.5. The van der Waals surface area contributed by atoms with Crippen molar-refractivity contribution in [3.8, 4) is 0 Å². The fourth-order valence-corrected chi connectivity index (χ4v) is 3.70. The maximum atomic E-state index is 12.9. The van der Waals surface area contributed by atoms with Crippen molar-refractivity contribution in [2.24, 2.45) is 0 Å².